The number of nitrogens with zero attached hydrogens (tertiary/aromatic N) is 3. The summed E-state index contributed by atoms with van der Waals surface area (Å²) in [5.74, 6) is 3.50. The fourth-order valence-electron chi connectivity index (χ4n) is 5.74. The van der Waals surface area contributed by atoms with Crippen LogP contribution in [0.4, 0.5) is 0 Å². The molecule has 1 aliphatic heterocycles. The van der Waals surface area contributed by atoms with Crippen molar-refractivity contribution in [2.45, 2.75) is 52.9 Å². The highest BCUT2D eigenvalue weighted by molar-refractivity contribution is 5.71. The van der Waals surface area contributed by atoms with Crippen molar-refractivity contribution >= 4 is 12.2 Å². The molecule has 4 aromatic carbocycles. The van der Waals surface area contributed by atoms with E-state index in [-0.39, 0.29) is 6.79 Å². The Morgan fingerprint density at radius 2 is 1.53 bits per heavy atom. The summed E-state index contributed by atoms with van der Waals surface area (Å²) < 4.78 is 19.6. The van der Waals surface area contributed by atoms with Gasteiger partial charge in [0.2, 0.25) is 6.79 Å². The summed E-state index contributed by atoms with van der Waals surface area (Å²) in [7, 11) is 0. The Morgan fingerprint density at radius 1 is 0.778 bits per heavy atom. The summed E-state index contributed by atoms with van der Waals surface area (Å²) in [5, 5.41) is 0. The lowest BCUT2D eigenvalue weighted by atomic mass is 10.1. The number of unbranched alkanes of at least 4 members (excludes halogenated alkanes) is 1. The van der Waals surface area contributed by atoms with Crippen molar-refractivity contribution in [3.05, 3.63) is 131 Å². The number of imidazole rings is 1. The first kappa shape index (κ1) is 30.2. The zero-order chi connectivity index (χ0) is 30.8. The van der Waals surface area contributed by atoms with Gasteiger partial charge in [0.15, 0.2) is 11.5 Å². The van der Waals surface area contributed by atoms with E-state index in [2.05, 4.69) is 113 Å². The quantitative estimate of drug-likeness (QED) is 0.128. The van der Waals surface area contributed by atoms with Crippen LogP contribution < -0.4 is 14.2 Å². The van der Waals surface area contributed by atoms with E-state index in [0.29, 0.717) is 13.2 Å². The molecule has 0 unspecified atom stereocenters. The van der Waals surface area contributed by atoms with E-state index in [1.165, 1.54) is 16.8 Å². The standard InChI is InChI=1S/C39H41N3O3/c1-3-5-23-42-36(35(21-19-30-13-8-6-9-14-30)40-39(42)33-16-10-7-11-17-33)28-41(26-31-15-12-18-34(24-31)43-4-2)27-32-20-22-37-38(25-32)45-29-44-37/h6-22,24-25H,3-5,23,26-29H2,1-2H3/b21-19+. The SMILES string of the molecule is CCCCn1c(-c2ccccc2)nc(/C=C/c2ccccc2)c1CN(Cc1cccc(OCC)c1)Cc1ccc2c(c1)OCO2. The molecule has 230 valence electrons. The zero-order valence-corrected chi connectivity index (χ0v) is 26.2. The largest absolute Gasteiger partial charge is 0.494 e. The molecule has 5 aromatic rings. The molecule has 6 nitrogen and oxygen atoms in total. The zero-order valence-electron chi connectivity index (χ0n) is 26.2. The molecule has 0 radical (unpaired) electrons. The molecule has 0 atom stereocenters. The molecule has 0 amide bonds. The minimum atomic E-state index is 0.267. The van der Waals surface area contributed by atoms with Crippen LogP contribution in [0.1, 0.15) is 54.8 Å². The first-order valence-corrected chi connectivity index (χ1v) is 15.9. The van der Waals surface area contributed by atoms with Crippen LogP contribution in [-0.2, 0) is 26.2 Å². The molecule has 1 aromatic heterocycles. The van der Waals surface area contributed by atoms with Gasteiger partial charge >= 0.3 is 0 Å². The third kappa shape index (κ3) is 7.65. The van der Waals surface area contributed by atoms with Crippen LogP contribution >= 0.6 is 0 Å². The monoisotopic (exact) mass is 599 g/mol. The highest BCUT2D eigenvalue weighted by Gasteiger charge is 2.21. The van der Waals surface area contributed by atoms with E-state index in [9.17, 15) is 0 Å². The average Bonchev–Trinajstić information content (AvgIpc) is 3.68. The van der Waals surface area contributed by atoms with Gasteiger partial charge in [0.05, 0.1) is 18.0 Å². The highest BCUT2D eigenvalue weighted by Crippen LogP contribution is 2.34. The van der Waals surface area contributed by atoms with E-state index < -0.39 is 0 Å². The number of hydrogen-bond acceptors (Lipinski definition) is 5. The van der Waals surface area contributed by atoms with Gasteiger partial charge in [0, 0.05) is 31.7 Å². The van der Waals surface area contributed by atoms with Crippen molar-refractivity contribution < 1.29 is 14.2 Å². The summed E-state index contributed by atoms with van der Waals surface area (Å²) in [4.78, 5) is 7.78. The van der Waals surface area contributed by atoms with Crippen molar-refractivity contribution in [2.24, 2.45) is 0 Å². The fraction of sp³-hybridized carbons (Fsp3) is 0.256. The summed E-state index contributed by atoms with van der Waals surface area (Å²) in [6, 6.07) is 35.7. The number of rotatable bonds is 14. The minimum Gasteiger partial charge on any atom is -0.494 e. The molecular formula is C39H41N3O3. The Hall–Kier alpha value is -4.81. The van der Waals surface area contributed by atoms with Gasteiger partial charge in [-0.05, 0) is 60.4 Å². The second kappa shape index (κ2) is 14.8. The van der Waals surface area contributed by atoms with Crippen LogP contribution in [0.15, 0.2) is 103 Å². The molecule has 2 heterocycles. The van der Waals surface area contributed by atoms with E-state index in [1.54, 1.807) is 0 Å². The first-order chi connectivity index (χ1) is 22.2. The van der Waals surface area contributed by atoms with E-state index in [0.717, 1.165) is 72.4 Å². The molecule has 6 heteroatoms. The molecule has 45 heavy (non-hydrogen) atoms. The van der Waals surface area contributed by atoms with Crippen molar-refractivity contribution in [3.8, 4) is 28.6 Å². The van der Waals surface area contributed by atoms with Gasteiger partial charge in [-0.25, -0.2) is 4.98 Å². The second-order valence-electron chi connectivity index (χ2n) is 11.3. The predicted molar refractivity (Wildman–Crippen MR) is 181 cm³/mol. The third-order valence-electron chi connectivity index (χ3n) is 7.94. The van der Waals surface area contributed by atoms with Crippen molar-refractivity contribution in [2.75, 3.05) is 13.4 Å². The second-order valence-corrected chi connectivity index (χ2v) is 11.3. The molecule has 0 saturated heterocycles. The normalized spacial score (nSPS) is 12.3. The van der Waals surface area contributed by atoms with Gasteiger partial charge in [-0.1, -0.05) is 98.3 Å². The maximum Gasteiger partial charge on any atom is 0.231 e. The van der Waals surface area contributed by atoms with Crippen LogP contribution in [0.2, 0.25) is 0 Å². The molecule has 0 aliphatic carbocycles. The van der Waals surface area contributed by atoms with Gasteiger partial charge in [-0.2, -0.15) is 0 Å². The Morgan fingerprint density at radius 3 is 2.31 bits per heavy atom. The maximum atomic E-state index is 5.85. The lowest BCUT2D eigenvalue weighted by molar-refractivity contribution is 0.174. The maximum absolute atomic E-state index is 5.85. The highest BCUT2D eigenvalue weighted by atomic mass is 16.7. The van der Waals surface area contributed by atoms with Gasteiger partial charge in [0.1, 0.15) is 11.6 Å². The molecule has 6 rings (SSSR count). The Balaban J connectivity index is 1.41. The van der Waals surface area contributed by atoms with Gasteiger partial charge < -0.3 is 18.8 Å². The fourth-order valence-corrected chi connectivity index (χ4v) is 5.74. The lowest BCUT2D eigenvalue weighted by Crippen LogP contribution is -2.24. The van der Waals surface area contributed by atoms with Crippen LogP contribution in [0.5, 0.6) is 17.2 Å². The predicted octanol–water partition coefficient (Wildman–Crippen LogP) is 8.85. The Labute approximate surface area is 266 Å². The van der Waals surface area contributed by atoms with E-state index in [1.807, 2.05) is 25.1 Å². The molecule has 0 spiro atoms. The molecule has 0 bridgehead atoms. The topological polar surface area (TPSA) is 48.8 Å². The van der Waals surface area contributed by atoms with Crippen molar-refractivity contribution in [1.29, 1.82) is 0 Å². The Kier molecular flexibility index (Phi) is 9.93. The van der Waals surface area contributed by atoms with Gasteiger partial charge in [0.25, 0.3) is 0 Å². The van der Waals surface area contributed by atoms with Gasteiger partial charge in [-0.3, -0.25) is 4.90 Å². The minimum absolute atomic E-state index is 0.267. The summed E-state index contributed by atoms with van der Waals surface area (Å²) in [6.45, 7) is 8.26. The lowest BCUT2D eigenvalue weighted by Gasteiger charge is -2.25. The number of fused-ring (bicyclic) bond motifs is 1. The third-order valence-corrected chi connectivity index (χ3v) is 7.94. The van der Waals surface area contributed by atoms with Crippen LogP contribution in [0.3, 0.4) is 0 Å². The molecular weight excluding hydrogens is 558 g/mol. The molecule has 0 fully saturated rings. The number of benzene rings is 4. The molecule has 0 saturated carbocycles. The number of ether oxygens (including phenoxy) is 3. The smallest absolute Gasteiger partial charge is 0.231 e. The number of aromatic nitrogens is 2. The molecule has 0 N–H and O–H groups in total. The van der Waals surface area contributed by atoms with Crippen LogP contribution in [-0.4, -0.2) is 27.9 Å². The van der Waals surface area contributed by atoms with Crippen LogP contribution in [0, 0.1) is 0 Å². The first-order valence-electron chi connectivity index (χ1n) is 15.9. The Bertz CT molecular complexity index is 1710. The summed E-state index contributed by atoms with van der Waals surface area (Å²) in [5.41, 5.74) is 6.85. The van der Waals surface area contributed by atoms with Crippen molar-refractivity contribution in [3.63, 3.8) is 0 Å². The van der Waals surface area contributed by atoms with Crippen LogP contribution in [0.25, 0.3) is 23.5 Å². The van der Waals surface area contributed by atoms with E-state index in [4.69, 9.17) is 19.2 Å². The average molecular weight is 600 g/mol. The summed E-state index contributed by atoms with van der Waals surface area (Å²) >= 11 is 0. The van der Waals surface area contributed by atoms with E-state index >= 15 is 0 Å². The molecule has 1 aliphatic rings. The van der Waals surface area contributed by atoms with Gasteiger partial charge in [-0.15, -0.1) is 0 Å². The number of hydrogen-bond donors (Lipinski definition) is 0. The van der Waals surface area contributed by atoms with Crippen molar-refractivity contribution in [1.82, 2.24) is 14.5 Å². The summed E-state index contributed by atoms with van der Waals surface area (Å²) in [6.07, 6.45) is 6.52.